The lowest BCUT2D eigenvalue weighted by molar-refractivity contribution is 0.373. The van der Waals surface area contributed by atoms with Gasteiger partial charge in [0, 0.05) is 49.7 Å². The van der Waals surface area contributed by atoms with Gasteiger partial charge in [-0.2, -0.15) is 0 Å². The minimum atomic E-state index is 0.149. The molecule has 2 aromatic carbocycles. The molecule has 2 N–H and O–H groups in total. The molecular weight excluding hydrogens is 308 g/mol. The van der Waals surface area contributed by atoms with Crippen molar-refractivity contribution >= 4 is 11.4 Å². The zero-order valence-electron chi connectivity index (χ0n) is 13.9. The van der Waals surface area contributed by atoms with Crippen LogP contribution in [0.1, 0.15) is 0 Å². The van der Waals surface area contributed by atoms with Crippen molar-refractivity contribution < 1.29 is 19.7 Å². The van der Waals surface area contributed by atoms with E-state index in [4.69, 9.17) is 9.47 Å². The number of piperazine rings is 1. The van der Waals surface area contributed by atoms with Crippen LogP contribution in [0.15, 0.2) is 36.4 Å². The molecule has 1 heterocycles. The topological polar surface area (TPSA) is 65.4 Å². The molecule has 0 amide bonds. The summed E-state index contributed by atoms with van der Waals surface area (Å²) in [5.74, 6) is 1.27. The zero-order chi connectivity index (χ0) is 17.1. The van der Waals surface area contributed by atoms with Crippen LogP contribution in [0.2, 0.25) is 0 Å². The van der Waals surface area contributed by atoms with Crippen molar-refractivity contribution in [2.75, 3.05) is 50.2 Å². The van der Waals surface area contributed by atoms with Crippen LogP contribution in [0.5, 0.6) is 23.0 Å². The maximum Gasteiger partial charge on any atom is 0.162 e. The second-order valence-electron chi connectivity index (χ2n) is 5.69. The van der Waals surface area contributed by atoms with Crippen LogP contribution in [0.4, 0.5) is 11.4 Å². The first-order chi connectivity index (χ1) is 11.6. The van der Waals surface area contributed by atoms with Crippen molar-refractivity contribution in [2.45, 2.75) is 0 Å². The highest BCUT2D eigenvalue weighted by Crippen LogP contribution is 2.33. The lowest BCUT2D eigenvalue weighted by Gasteiger charge is -2.37. The smallest absolute Gasteiger partial charge is 0.162 e. The van der Waals surface area contributed by atoms with Gasteiger partial charge >= 0.3 is 0 Å². The lowest BCUT2D eigenvalue weighted by Crippen LogP contribution is -2.46. The summed E-state index contributed by atoms with van der Waals surface area (Å²) in [4.78, 5) is 4.52. The Labute approximate surface area is 141 Å². The summed E-state index contributed by atoms with van der Waals surface area (Å²) in [5.41, 5.74) is 2.07. The third-order valence-corrected chi connectivity index (χ3v) is 4.34. The summed E-state index contributed by atoms with van der Waals surface area (Å²) in [7, 11) is 3.10. The summed E-state index contributed by atoms with van der Waals surface area (Å²) in [5, 5.41) is 19.4. The summed E-state index contributed by atoms with van der Waals surface area (Å²) in [6, 6.07) is 10.8. The molecule has 3 rings (SSSR count). The molecule has 0 atom stereocenters. The molecule has 0 unspecified atom stereocenters. The number of anilines is 2. The van der Waals surface area contributed by atoms with Crippen LogP contribution in [0.25, 0.3) is 0 Å². The third-order valence-electron chi connectivity index (χ3n) is 4.34. The third kappa shape index (κ3) is 3.13. The molecule has 1 aliphatic heterocycles. The largest absolute Gasteiger partial charge is 0.504 e. The number of ether oxygens (including phenoxy) is 2. The molecule has 0 saturated carbocycles. The van der Waals surface area contributed by atoms with Gasteiger partial charge in [0.1, 0.15) is 0 Å². The van der Waals surface area contributed by atoms with Crippen molar-refractivity contribution in [1.29, 1.82) is 0 Å². The number of phenols is 2. The van der Waals surface area contributed by atoms with E-state index in [-0.39, 0.29) is 11.5 Å². The first-order valence-electron chi connectivity index (χ1n) is 7.86. The minimum absolute atomic E-state index is 0.149. The zero-order valence-corrected chi connectivity index (χ0v) is 13.9. The molecular formula is C18H22N2O4. The monoisotopic (exact) mass is 330 g/mol. The summed E-state index contributed by atoms with van der Waals surface area (Å²) < 4.78 is 10.4. The van der Waals surface area contributed by atoms with E-state index in [1.54, 1.807) is 26.4 Å². The van der Waals surface area contributed by atoms with Gasteiger partial charge in [0.15, 0.2) is 23.0 Å². The number of phenolic OH excluding ortho intramolecular Hbond substituents is 2. The molecule has 6 heteroatoms. The molecule has 1 aliphatic rings. The highest BCUT2D eigenvalue weighted by molar-refractivity contribution is 5.59. The van der Waals surface area contributed by atoms with E-state index in [0.29, 0.717) is 11.5 Å². The van der Waals surface area contributed by atoms with Crippen molar-refractivity contribution in [3.05, 3.63) is 36.4 Å². The van der Waals surface area contributed by atoms with Gasteiger partial charge in [0.05, 0.1) is 14.2 Å². The maximum absolute atomic E-state index is 9.71. The number of benzene rings is 2. The summed E-state index contributed by atoms with van der Waals surface area (Å²) in [6.07, 6.45) is 0. The van der Waals surface area contributed by atoms with E-state index in [2.05, 4.69) is 9.80 Å². The Kier molecular flexibility index (Phi) is 4.55. The first kappa shape index (κ1) is 16.1. The van der Waals surface area contributed by atoms with Gasteiger partial charge in [0.25, 0.3) is 0 Å². The maximum atomic E-state index is 9.71. The van der Waals surface area contributed by atoms with Crippen LogP contribution in [-0.2, 0) is 0 Å². The fourth-order valence-corrected chi connectivity index (χ4v) is 2.95. The van der Waals surface area contributed by atoms with E-state index >= 15 is 0 Å². The Bertz CT molecular complexity index is 651. The van der Waals surface area contributed by atoms with Crippen LogP contribution in [-0.4, -0.2) is 50.6 Å². The normalized spacial score (nSPS) is 14.6. The first-order valence-corrected chi connectivity index (χ1v) is 7.86. The minimum Gasteiger partial charge on any atom is -0.504 e. The standard InChI is InChI=1S/C18H22N2O4/c1-23-17-11-13(3-5-15(17)21)19-7-9-20(10-8-19)14-4-6-16(22)18(12-14)24-2/h3-6,11-12,21-22H,7-10H2,1-2H3. The van der Waals surface area contributed by atoms with Crippen LogP contribution in [0, 0.1) is 0 Å². The Balaban J connectivity index is 1.69. The Morgan fingerprint density at radius 1 is 0.708 bits per heavy atom. The molecule has 6 nitrogen and oxygen atoms in total. The van der Waals surface area contributed by atoms with Crippen molar-refractivity contribution in [1.82, 2.24) is 0 Å². The molecule has 24 heavy (non-hydrogen) atoms. The lowest BCUT2D eigenvalue weighted by atomic mass is 10.2. The van der Waals surface area contributed by atoms with E-state index < -0.39 is 0 Å². The fourth-order valence-electron chi connectivity index (χ4n) is 2.95. The van der Waals surface area contributed by atoms with E-state index in [1.807, 2.05) is 24.3 Å². The van der Waals surface area contributed by atoms with Crippen molar-refractivity contribution in [2.24, 2.45) is 0 Å². The number of hydrogen-bond acceptors (Lipinski definition) is 6. The van der Waals surface area contributed by atoms with Crippen LogP contribution in [0.3, 0.4) is 0 Å². The molecule has 1 saturated heterocycles. The SMILES string of the molecule is COc1cc(N2CCN(c3ccc(O)c(OC)c3)CC2)ccc1O. The number of nitrogens with zero attached hydrogens (tertiary/aromatic N) is 2. The number of hydrogen-bond donors (Lipinski definition) is 2. The van der Waals surface area contributed by atoms with Gasteiger partial charge < -0.3 is 29.5 Å². The Morgan fingerprint density at radius 2 is 1.08 bits per heavy atom. The molecule has 128 valence electrons. The van der Waals surface area contributed by atoms with Crippen molar-refractivity contribution in [3.63, 3.8) is 0 Å². The average Bonchev–Trinajstić information content (AvgIpc) is 2.63. The molecule has 1 fully saturated rings. The number of methoxy groups -OCH3 is 2. The van der Waals surface area contributed by atoms with Gasteiger partial charge in [-0.15, -0.1) is 0 Å². The molecule has 0 bridgehead atoms. The van der Waals surface area contributed by atoms with Gasteiger partial charge in [0.2, 0.25) is 0 Å². The predicted octanol–water partition coefficient (Wildman–Crippen LogP) is 2.44. The second kappa shape index (κ2) is 6.78. The van der Waals surface area contributed by atoms with Crippen LogP contribution >= 0.6 is 0 Å². The van der Waals surface area contributed by atoms with Gasteiger partial charge in [-0.1, -0.05) is 0 Å². The average molecular weight is 330 g/mol. The molecule has 0 spiro atoms. The van der Waals surface area contributed by atoms with Gasteiger partial charge in [-0.25, -0.2) is 0 Å². The quantitative estimate of drug-likeness (QED) is 0.898. The summed E-state index contributed by atoms with van der Waals surface area (Å²) >= 11 is 0. The number of rotatable bonds is 4. The van der Waals surface area contributed by atoms with E-state index in [0.717, 1.165) is 37.6 Å². The predicted molar refractivity (Wildman–Crippen MR) is 93.7 cm³/mol. The van der Waals surface area contributed by atoms with Crippen LogP contribution < -0.4 is 19.3 Å². The van der Waals surface area contributed by atoms with Crippen molar-refractivity contribution in [3.8, 4) is 23.0 Å². The highest BCUT2D eigenvalue weighted by atomic mass is 16.5. The number of aromatic hydroxyl groups is 2. The molecule has 0 radical (unpaired) electrons. The second-order valence-corrected chi connectivity index (χ2v) is 5.69. The fraction of sp³-hybridized carbons (Fsp3) is 0.333. The Morgan fingerprint density at radius 3 is 1.42 bits per heavy atom. The Hall–Kier alpha value is -2.76. The molecule has 0 aliphatic carbocycles. The van der Waals surface area contributed by atoms with E-state index in [1.165, 1.54) is 0 Å². The highest BCUT2D eigenvalue weighted by Gasteiger charge is 2.19. The van der Waals surface area contributed by atoms with E-state index in [9.17, 15) is 10.2 Å². The summed E-state index contributed by atoms with van der Waals surface area (Å²) in [6.45, 7) is 3.43. The van der Waals surface area contributed by atoms with Gasteiger partial charge in [-0.05, 0) is 24.3 Å². The van der Waals surface area contributed by atoms with Gasteiger partial charge in [-0.3, -0.25) is 0 Å². The molecule has 0 aromatic heterocycles. The molecule has 2 aromatic rings.